The highest BCUT2D eigenvalue weighted by Gasteiger charge is 2.42. The minimum absolute atomic E-state index is 0.0993. The fraction of sp³-hybridized carbons (Fsp3) is 0.407. The van der Waals surface area contributed by atoms with Crippen molar-refractivity contribution in [1.82, 2.24) is 20.2 Å². The first-order valence-corrected chi connectivity index (χ1v) is 13.1. The number of nitrogens with one attached hydrogen (secondary N) is 1. The molecule has 7 nitrogen and oxygen atoms in total. The van der Waals surface area contributed by atoms with Crippen LogP contribution < -0.4 is 10.1 Å². The molecule has 0 bridgehead atoms. The summed E-state index contributed by atoms with van der Waals surface area (Å²) in [5.41, 5.74) is 3.66. The number of amides is 1. The van der Waals surface area contributed by atoms with Crippen molar-refractivity contribution in [2.24, 2.45) is 0 Å². The van der Waals surface area contributed by atoms with Crippen LogP contribution in [0.15, 0.2) is 48.2 Å². The van der Waals surface area contributed by atoms with Crippen molar-refractivity contribution in [3.05, 3.63) is 64.2 Å². The van der Waals surface area contributed by atoms with Crippen LogP contribution in [-0.4, -0.2) is 51.8 Å². The third-order valence-corrected chi connectivity index (χ3v) is 7.70. The van der Waals surface area contributed by atoms with Gasteiger partial charge in [-0.1, -0.05) is 13.3 Å². The Morgan fingerprint density at radius 3 is 2.89 bits per heavy atom. The second kappa shape index (κ2) is 10.3. The Balaban J connectivity index is 1.33. The second-order valence-electron chi connectivity index (χ2n) is 9.34. The average Bonchev–Trinajstić information content (AvgIpc) is 3.41. The van der Waals surface area contributed by atoms with E-state index >= 15 is 0 Å². The molecule has 1 aromatic carbocycles. The number of thiazole rings is 1. The number of benzene rings is 1. The summed E-state index contributed by atoms with van der Waals surface area (Å²) in [6.45, 7) is 5.67. The van der Waals surface area contributed by atoms with Crippen LogP contribution >= 0.6 is 11.3 Å². The van der Waals surface area contributed by atoms with E-state index < -0.39 is 5.60 Å². The predicted octanol–water partition coefficient (Wildman–Crippen LogP) is 4.74. The van der Waals surface area contributed by atoms with Gasteiger partial charge in [0.05, 0.1) is 35.3 Å². The molecule has 1 spiro atoms. The highest BCUT2D eigenvalue weighted by Crippen LogP contribution is 2.41. The van der Waals surface area contributed by atoms with E-state index in [1.807, 2.05) is 18.2 Å². The van der Waals surface area contributed by atoms with E-state index in [1.54, 1.807) is 30.0 Å². The molecule has 5 rings (SSSR count). The number of hydrogen-bond acceptors (Lipinski definition) is 7. The summed E-state index contributed by atoms with van der Waals surface area (Å²) < 4.78 is 6.48. The van der Waals surface area contributed by atoms with Crippen LogP contribution in [0.1, 0.15) is 64.6 Å². The van der Waals surface area contributed by atoms with Gasteiger partial charge >= 0.3 is 0 Å². The van der Waals surface area contributed by atoms with Gasteiger partial charge in [0.2, 0.25) is 0 Å². The zero-order valence-corrected chi connectivity index (χ0v) is 20.8. The van der Waals surface area contributed by atoms with Crippen LogP contribution in [0, 0.1) is 0 Å². The van der Waals surface area contributed by atoms with Gasteiger partial charge < -0.3 is 15.0 Å². The molecule has 1 saturated heterocycles. The van der Waals surface area contributed by atoms with Crippen molar-refractivity contribution in [2.75, 3.05) is 19.6 Å². The molecule has 182 valence electrons. The van der Waals surface area contributed by atoms with E-state index in [1.165, 1.54) is 24.2 Å². The number of pyridine rings is 1. The molecular formula is C27H30N4O3S. The Bertz CT molecular complexity index is 1200. The van der Waals surface area contributed by atoms with E-state index in [0.29, 0.717) is 35.5 Å². The Hall–Kier alpha value is -3.10. The van der Waals surface area contributed by atoms with Crippen LogP contribution in [0.3, 0.4) is 0 Å². The molecule has 2 aliphatic heterocycles. The van der Waals surface area contributed by atoms with Gasteiger partial charge in [-0.15, -0.1) is 11.3 Å². The molecule has 4 heterocycles. The lowest BCUT2D eigenvalue weighted by Gasteiger charge is -2.44. The molecule has 0 saturated carbocycles. The highest BCUT2D eigenvalue weighted by molar-refractivity contribution is 7.09. The van der Waals surface area contributed by atoms with Crippen molar-refractivity contribution < 1.29 is 14.3 Å². The van der Waals surface area contributed by atoms with Crippen molar-refractivity contribution in [1.29, 1.82) is 0 Å². The maximum Gasteiger partial charge on any atom is 0.253 e. The lowest BCUT2D eigenvalue weighted by Crippen LogP contribution is -2.51. The number of rotatable bonds is 7. The Labute approximate surface area is 209 Å². The molecule has 8 heteroatoms. The fourth-order valence-electron chi connectivity index (χ4n) is 4.90. The molecule has 1 N–H and O–H groups in total. The zero-order valence-electron chi connectivity index (χ0n) is 20.0. The van der Waals surface area contributed by atoms with Gasteiger partial charge in [0.25, 0.3) is 5.91 Å². The van der Waals surface area contributed by atoms with Crippen LogP contribution in [0.5, 0.6) is 5.75 Å². The minimum Gasteiger partial charge on any atom is -0.486 e. The molecule has 0 radical (unpaired) electrons. The van der Waals surface area contributed by atoms with E-state index in [2.05, 4.69) is 27.1 Å². The van der Waals surface area contributed by atoms with Crippen LogP contribution in [0.25, 0.3) is 11.3 Å². The number of Topliss-reactive ketones (excluding diaryl/α,β-unsaturated/α-hetero) is 1. The molecule has 1 amide bonds. The summed E-state index contributed by atoms with van der Waals surface area (Å²) in [6, 6.07) is 9.07. The molecule has 35 heavy (non-hydrogen) atoms. The number of ketones is 1. The molecular weight excluding hydrogens is 460 g/mol. The molecule has 1 fully saturated rings. The van der Waals surface area contributed by atoms with Gasteiger partial charge in [0.1, 0.15) is 11.4 Å². The number of piperidine rings is 1. The third kappa shape index (κ3) is 5.13. The summed E-state index contributed by atoms with van der Waals surface area (Å²) in [6.07, 6.45) is 7.94. The van der Waals surface area contributed by atoms with Gasteiger partial charge in [-0.3, -0.25) is 19.6 Å². The number of carbonyl (C=O) groups excluding carboxylic acids is 2. The molecule has 3 aromatic rings. The van der Waals surface area contributed by atoms with E-state index in [-0.39, 0.29) is 11.7 Å². The first-order chi connectivity index (χ1) is 17.1. The summed E-state index contributed by atoms with van der Waals surface area (Å²) in [4.78, 5) is 38.1. The topological polar surface area (TPSA) is 84.4 Å². The number of likely N-dealkylation sites (tertiary alicyclic amines) is 1. The van der Waals surface area contributed by atoms with E-state index in [0.717, 1.165) is 42.9 Å². The van der Waals surface area contributed by atoms with Crippen molar-refractivity contribution in [3.63, 3.8) is 0 Å². The molecule has 0 unspecified atom stereocenters. The smallest absolute Gasteiger partial charge is 0.253 e. The summed E-state index contributed by atoms with van der Waals surface area (Å²) >= 11 is 1.49. The first kappa shape index (κ1) is 23.6. The number of unbranched alkanes of at least 4 members (excludes halogenated alkanes) is 1. The number of ether oxygens (including phenoxy) is 1. The number of carbonyl (C=O) groups is 2. The third-order valence-electron chi connectivity index (χ3n) is 6.92. The SMILES string of the molecule is CCCCN1CCC2(CC1)CC(=O)c1cc(-c3ncccc3C(=O)NCc3cncs3)ccc1O2. The van der Waals surface area contributed by atoms with Crippen LogP contribution in [-0.2, 0) is 6.54 Å². The fourth-order valence-corrected chi connectivity index (χ4v) is 5.43. The summed E-state index contributed by atoms with van der Waals surface area (Å²) in [5, 5.41) is 2.93. The Morgan fingerprint density at radius 2 is 2.11 bits per heavy atom. The normalized spacial score (nSPS) is 17.1. The molecule has 2 aliphatic rings. The Morgan fingerprint density at radius 1 is 1.26 bits per heavy atom. The largest absolute Gasteiger partial charge is 0.486 e. The second-order valence-corrected chi connectivity index (χ2v) is 10.3. The Kier molecular flexibility index (Phi) is 6.92. The van der Waals surface area contributed by atoms with Crippen molar-refractivity contribution in [3.8, 4) is 17.0 Å². The summed E-state index contributed by atoms with van der Waals surface area (Å²) in [5.74, 6) is 0.525. The monoisotopic (exact) mass is 490 g/mol. The number of nitrogens with zero attached hydrogens (tertiary/aromatic N) is 3. The zero-order chi connectivity index (χ0) is 24.3. The van der Waals surface area contributed by atoms with Gasteiger partial charge in [-0.25, -0.2) is 0 Å². The van der Waals surface area contributed by atoms with Crippen LogP contribution in [0.2, 0.25) is 0 Å². The molecule has 0 aliphatic carbocycles. The number of hydrogen-bond donors (Lipinski definition) is 1. The quantitative estimate of drug-likeness (QED) is 0.515. The van der Waals surface area contributed by atoms with E-state index in [9.17, 15) is 9.59 Å². The van der Waals surface area contributed by atoms with Gasteiger partial charge in [-0.2, -0.15) is 0 Å². The standard InChI is InChI=1S/C27H30N4O3S/c1-2-3-11-31-12-8-27(9-13-31)15-23(32)22-14-19(6-7-24(22)34-27)25-21(5-4-10-29-25)26(33)30-17-20-16-28-18-35-20/h4-7,10,14,16,18H,2-3,8-9,11-13,15,17H2,1H3,(H,30,33). The average molecular weight is 491 g/mol. The number of fused-ring (bicyclic) bond motifs is 1. The molecule has 0 atom stereocenters. The van der Waals surface area contributed by atoms with Gasteiger partial charge in [0, 0.05) is 48.8 Å². The minimum atomic E-state index is -0.402. The maximum absolute atomic E-state index is 13.3. The van der Waals surface area contributed by atoms with Crippen LogP contribution in [0.4, 0.5) is 0 Å². The highest BCUT2D eigenvalue weighted by atomic mass is 32.1. The van der Waals surface area contributed by atoms with Gasteiger partial charge in [0.15, 0.2) is 5.78 Å². The van der Waals surface area contributed by atoms with E-state index in [4.69, 9.17) is 4.74 Å². The first-order valence-electron chi connectivity index (χ1n) is 12.3. The predicted molar refractivity (Wildman–Crippen MR) is 136 cm³/mol. The lowest BCUT2D eigenvalue weighted by molar-refractivity contribution is -0.00910. The molecule has 2 aromatic heterocycles. The lowest BCUT2D eigenvalue weighted by atomic mass is 9.82. The maximum atomic E-state index is 13.3. The summed E-state index contributed by atoms with van der Waals surface area (Å²) in [7, 11) is 0. The number of aromatic nitrogens is 2. The van der Waals surface area contributed by atoms with Gasteiger partial charge in [-0.05, 0) is 43.3 Å². The van der Waals surface area contributed by atoms with Crippen molar-refractivity contribution in [2.45, 2.75) is 51.2 Å². The van der Waals surface area contributed by atoms with Crippen molar-refractivity contribution >= 4 is 23.0 Å².